The number of carbonyl (C=O) groups is 1. The average molecular weight is 206 g/mol. The summed E-state index contributed by atoms with van der Waals surface area (Å²) >= 11 is 5.43. The van der Waals surface area contributed by atoms with E-state index in [1.54, 1.807) is 12.1 Å². The van der Waals surface area contributed by atoms with E-state index in [1.807, 2.05) is 0 Å². The van der Waals surface area contributed by atoms with Crippen LogP contribution in [0.2, 0.25) is 0 Å². The summed E-state index contributed by atoms with van der Waals surface area (Å²) in [7, 11) is 0. The molecule has 0 aliphatic heterocycles. The summed E-state index contributed by atoms with van der Waals surface area (Å²) in [5.41, 5.74) is 4.84. The van der Waals surface area contributed by atoms with Gasteiger partial charge in [0.05, 0.1) is 0 Å². The second-order valence-electron chi connectivity index (χ2n) is 2.10. The van der Waals surface area contributed by atoms with Gasteiger partial charge >= 0.3 is 6.09 Å². The van der Waals surface area contributed by atoms with E-state index < -0.39 is 6.09 Å². The maximum Gasteiger partial charge on any atom is 0.402 e. The Morgan fingerprint density at radius 1 is 1.62 bits per heavy atom. The molecule has 1 rings (SSSR count). The van der Waals surface area contributed by atoms with Crippen LogP contribution in [0.3, 0.4) is 0 Å². The van der Waals surface area contributed by atoms with Crippen molar-refractivity contribution in [3.8, 4) is 0 Å². The van der Waals surface area contributed by atoms with Gasteiger partial charge < -0.3 is 10.8 Å². The van der Waals surface area contributed by atoms with Gasteiger partial charge in [-0.25, -0.2) is 9.18 Å². The second-order valence-corrected chi connectivity index (χ2v) is 2.37. The highest BCUT2D eigenvalue weighted by Crippen LogP contribution is 2.05. The van der Waals surface area contributed by atoms with Crippen molar-refractivity contribution in [3.63, 3.8) is 0 Å². The van der Waals surface area contributed by atoms with Gasteiger partial charge in [0.25, 0.3) is 0 Å². The molecule has 0 saturated heterocycles. The lowest BCUT2D eigenvalue weighted by molar-refractivity contribution is 0.205. The molecule has 0 radical (unpaired) electrons. The Morgan fingerprint density at radius 3 is 2.46 bits per heavy atom. The molecule has 0 unspecified atom stereocenters. The van der Waals surface area contributed by atoms with Crippen molar-refractivity contribution in [2.75, 3.05) is 0 Å². The van der Waals surface area contributed by atoms with Gasteiger partial charge in [0.1, 0.15) is 5.82 Å². The van der Waals surface area contributed by atoms with Gasteiger partial charge in [-0.15, -0.1) is 11.6 Å². The number of benzene rings is 1. The van der Waals surface area contributed by atoms with Crippen molar-refractivity contribution in [3.05, 3.63) is 35.6 Å². The number of hydrogen-bond donors (Lipinski definition) is 2. The van der Waals surface area contributed by atoms with Gasteiger partial charge in [-0.1, -0.05) is 12.1 Å². The van der Waals surface area contributed by atoms with Crippen LogP contribution in [0.15, 0.2) is 24.3 Å². The zero-order chi connectivity index (χ0) is 10.3. The molecule has 1 aromatic rings. The van der Waals surface area contributed by atoms with Crippen molar-refractivity contribution in [1.82, 2.24) is 0 Å². The van der Waals surface area contributed by atoms with E-state index in [0.29, 0.717) is 5.88 Å². The van der Waals surface area contributed by atoms with E-state index in [1.165, 1.54) is 12.1 Å². The molecule has 0 heterocycles. The molecule has 13 heavy (non-hydrogen) atoms. The largest absolute Gasteiger partial charge is 0.465 e. The van der Waals surface area contributed by atoms with E-state index in [2.05, 4.69) is 5.73 Å². The predicted octanol–water partition coefficient (Wildman–Crippen LogP) is 2.19. The van der Waals surface area contributed by atoms with Crippen molar-refractivity contribution in [1.29, 1.82) is 0 Å². The molecule has 0 spiro atoms. The number of halogens is 2. The van der Waals surface area contributed by atoms with E-state index >= 15 is 0 Å². The first-order valence-electron chi connectivity index (χ1n) is 3.35. The zero-order valence-corrected chi connectivity index (χ0v) is 7.46. The number of alkyl halides is 1. The van der Waals surface area contributed by atoms with Crippen LogP contribution in [0.25, 0.3) is 0 Å². The highest BCUT2D eigenvalue weighted by molar-refractivity contribution is 6.17. The van der Waals surface area contributed by atoms with Crippen LogP contribution in [-0.2, 0) is 5.88 Å². The summed E-state index contributed by atoms with van der Waals surface area (Å²) in [5, 5.41) is 7.19. The molecular formula is C8H9ClFNO2. The maximum atomic E-state index is 12.3. The van der Waals surface area contributed by atoms with E-state index in [9.17, 15) is 4.39 Å². The standard InChI is InChI=1S/C7H6ClF.CH3NO2/c8-5-6-2-1-3-7(9)4-6;2-1(3)4/h1-4H,5H2;2H2,(H,3,4). The first-order valence-corrected chi connectivity index (χ1v) is 3.88. The van der Waals surface area contributed by atoms with Gasteiger partial charge in [-0.2, -0.15) is 0 Å². The Balaban J connectivity index is 0.000000310. The molecule has 0 aliphatic carbocycles. The molecule has 0 atom stereocenters. The lowest BCUT2D eigenvalue weighted by Gasteiger charge is -1.91. The molecule has 3 nitrogen and oxygen atoms in total. The third-order valence-corrected chi connectivity index (χ3v) is 1.35. The van der Waals surface area contributed by atoms with E-state index in [-0.39, 0.29) is 5.82 Å². The number of amides is 1. The fourth-order valence-electron chi connectivity index (χ4n) is 0.620. The van der Waals surface area contributed by atoms with Crippen LogP contribution in [0.4, 0.5) is 9.18 Å². The van der Waals surface area contributed by atoms with Crippen LogP contribution in [0, 0.1) is 5.82 Å². The van der Waals surface area contributed by atoms with E-state index in [0.717, 1.165) is 5.56 Å². The third kappa shape index (κ3) is 7.08. The number of primary amides is 1. The Bertz CT molecular complexity index is 277. The fraction of sp³-hybridized carbons (Fsp3) is 0.125. The SMILES string of the molecule is Fc1cccc(CCl)c1.NC(=O)O. The highest BCUT2D eigenvalue weighted by Gasteiger charge is 1.90. The number of carboxylic acid groups (broad SMARTS) is 1. The maximum absolute atomic E-state index is 12.3. The molecule has 5 heteroatoms. The quantitative estimate of drug-likeness (QED) is 0.691. The molecular weight excluding hydrogens is 197 g/mol. The van der Waals surface area contributed by atoms with Gasteiger partial charge in [0.2, 0.25) is 0 Å². The summed E-state index contributed by atoms with van der Waals surface area (Å²) in [6.07, 6.45) is -1.33. The predicted molar refractivity (Wildman–Crippen MR) is 48.2 cm³/mol. The summed E-state index contributed by atoms with van der Waals surface area (Å²) in [6.45, 7) is 0. The van der Waals surface area contributed by atoms with Crippen molar-refractivity contribution in [2.24, 2.45) is 5.73 Å². The van der Waals surface area contributed by atoms with Gasteiger partial charge in [-0.05, 0) is 17.7 Å². The smallest absolute Gasteiger partial charge is 0.402 e. The lowest BCUT2D eigenvalue weighted by Crippen LogP contribution is -2.03. The molecule has 0 aliphatic rings. The Kier molecular flexibility index (Phi) is 5.63. The normalized spacial score (nSPS) is 8.46. The van der Waals surface area contributed by atoms with Crippen molar-refractivity contribution in [2.45, 2.75) is 5.88 Å². The third-order valence-electron chi connectivity index (χ3n) is 1.04. The van der Waals surface area contributed by atoms with Crippen LogP contribution < -0.4 is 5.73 Å². The van der Waals surface area contributed by atoms with E-state index in [4.69, 9.17) is 21.5 Å². The summed E-state index contributed by atoms with van der Waals surface area (Å²) in [6, 6.07) is 6.26. The number of rotatable bonds is 1. The van der Waals surface area contributed by atoms with Gasteiger partial charge in [-0.3, -0.25) is 0 Å². The number of hydrogen-bond acceptors (Lipinski definition) is 1. The molecule has 0 bridgehead atoms. The zero-order valence-electron chi connectivity index (χ0n) is 6.71. The fourth-order valence-corrected chi connectivity index (χ4v) is 0.786. The van der Waals surface area contributed by atoms with Crippen LogP contribution >= 0.6 is 11.6 Å². The van der Waals surface area contributed by atoms with Gasteiger partial charge in [0, 0.05) is 5.88 Å². The topological polar surface area (TPSA) is 63.3 Å². The Labute approximate surface area is 79.9 Å². The van der Waals surface area contributed by atoms with Crippen LogP contribution in [0.5, 0.6) is 0 Å². The first kappa shape index (κ1) is 11.7. The van der Waals surface area contributed by atoms with Crippen LogP contribution in [0.1, 0.15) is 5.56 Å². The van der Waals surface area contributed by atoms with Crippen molar-refractivity contribution >= 4 is 17.7 Å². The minimum atomic E-state index is -1.33. The molecule has 1 amide bonds. The monoisotopic (exact) mass is 205 g/mol. The molecule has 3 N–H and O–H groups in total. The Hall–Kier alpha value is -1.29. The first-order chi connectivity index (χ1) is 6.06. The second kappa shape index (κ2) is 6.25. The minimum absolute atomic E-state index is 0.229. The summed E-state index contributed by atoms with van der Waals surface area (Å²) < 4.78 is 12.3. The molecule has 0 saturated carbocycles. The average Bonchev–Trinajstić information content (AvgIpc) is 2.03. The van der Waals surface area contributed by atoms with Gasteiger partial charge in [0.15, 0.2) is 0 Å². The molecule has 0 aromatic heterocycles. The van der Waals surface area contributed by atoms with Crippen LogP contribution in [-0.4, -0.2) is 11.2 Å². The number of nitrogens with two attached hydrogens (primary N) is 1. The highest BCUT2D eigenvalue weighted by atomic mass is 35.5. The molecule has 0 fully saturated rings. The summed E-state index contributed by atoms with van der Waals surface area (Å²) in [5.74, 6) is 0.144. The Morgan fingerprint density at radius 2 is 2.15 bits per heavy atom. The molecule has 72 valence electrons. The minimum Gasteiger partial charge on any atom is -0.465 e. The summed E-state index contributed by atoms with van der Waals surface area (Å²) in [4.78, 5) is 8.78. The van der Waals surface area contributed by atoms with Crippen molar-refractivity contribution < 1.29 is 14.3 Å². The lowest BCUT2D eigenvalue weighted by atomic mass is 10.2. The molecule has 1 aromatic carbocycles.